The number of aromatic nitrogens is 2. The maximum atomic E-state index is 12.4. The van der Waals surface area contributed by atoms with Crippen molar-refractivity contribution in [1.29, 1.82) is 0 Å². The number of nitrogens with zero attached hydrogens (tertiary/aromatic N) is 3. The van der Waals surface area contributed by atoms with Gasteiger partial charge in [-0.05, 0) is 75.4 Å². The highest BCUT2D eigenvalue weighted by Gasteiger charge is 2.13. The Kier molecular flexibility index (Phi) is 6.69. The number of piperidine rings is 1. The van der Waals surface area contributed by atoms with E-state index in [2.05, 4.69) is 39.5 Å². The minimum absolute atomic E-state index is 0.0318. The van der Waals surface area contributed by atoms with Gasteiger partial charge in [0.05, 0.1) is 5.69 Å². The van der Waals surface area contributed by atoms with Crippen molar-refractivity contribution in [1.82, 2.24) is 10.2 Å². The van der Waals surface area contributed by atoms with E-state index >= 15 is 0 Å². The summed E-state index contributed by atoms with van der Waals surface area (Å²) in [7, 11) is 0. The number of hydrogen-bond donors (Lipinski definition) is 1. The van der Waals surface area contributed by atoms with Gasteiger partial charge in [0.15, 0.2) is 12.4 Å². The maximum Gasteiger partial charge on any atom is 0.262 e. The molecule has 0 radical (unpaired) electrons. The van der Waals surface area contributed by atoms with Crippen molar-refractivity contribution in [2.24, 2.45) is 0 Å². The number of benzene rings is 2. The normalized spacial score (nSPS) is 13.7. The summed E-state index contributed by atoms with van der Waals surface area (Å²) in [6.07, 6.45) is 3.72. The highest BCUT2D eigenvalue weighted by Crippen LogP contribution is 2.25. The monoisotopic (exact) mass is 430 g/mol. The summed E-state index contributed by atoms with van der Waals surface area (Å²) in [4.78, 5) is 14.6. The zero-order chi connectivity index (χ0) is 22.5. The van der Waals surface area contributed by atoms with E-state index in [1.807, 2.05) is 50.2 Å². The zero-order valence-electron chi connectivity index (χ0n) is 19.0. The molecule has 1 aromatic heterocycles. The quantitative estimate of drug-likeness (QED) is 0.591. The number of rotatable bonds is 6. The molecule has 4 rings (SSSR count). The van der Waals surface area contributed by atoms with E-state index in [-0.39, 0.29) is 12.5 Å². The van der Waals surface area contributed by atoms with Crippen molar-refractivity contribution in [3.63, 3.8) is 0 Å². The van der Waals surface area contributed by atoms with Crippen LogP contribution in [0.4, 0.5) is 11.5 Å². The lowest BCUT2D eigenvalue weighted by atomic mass is 10.1. The van der Waals surface area contributed by atoms with Crippen LogP contribution in [0.1, 0.15) is 36.0 Å². The number of carbonyl (C=O) groups is 1. The second-order valence-electron chi connectivity index (χ2n) is 8.47. The number of amides is 1. The van der Waals surface area contributed by atoms with Crippen LogP contribution in [0.25, 0.3) is 11.3 Å². The molecule has 6 heteroatoms. The molecule has 3 aromatic rings. The highest BCUT2D eigenvalue weighted by atomic mass is 16.5. The molecule has 0 spiro atoms. The van der Waals surface area contributed by atoms with Crippen LogP contribution >= 0.6 is 0 Å². The van der Waals surface area contributed by atoms with Gasteiger partial charge >= 0.3 is 0 Å². The fourth-order valence-corrected chi connectivity index (χ4v) is 4.22. The van der Waals surface area contributed by atoms with Crippen molar-refractivity contribution < 1.29 is 9.53 Å². The van der Waals surface area contributed by atoms with Crippen molar-refractivity contribution in [2.75, 3.05) is 29.9 Å². The van der Waals surface area contributed by atoms with E-state index in [1.54, 1.807) is 0 Å². The first kappa shape index (κ1) is 21.8. The molecule has 0 aliphatic carbocycles. The average molecular weight is 431 g/mol. The predicted molar refractivity (Wildman–Crippen MR) is 128 cm³/mol. The van der Waals surface area contributed by atoms with Gasteiger partial charge in [0.2, 0.25) is 0 Å². The fraction of sp³-hybridized carbons (Fsp3) is 0.346. The molecule has 166 valence electrons. The minimum atomic E-state index is -0.192. The van der Waals surface area contributed by atoms with Gasteiger partial charge < -0.3 is 15.0 Å². The van der Waals surface area contributed by atoms with Gasteiger partial charge in [0, 0.05) is 24.3 Å². The van der Waals surface area contributed by atoms with Crippen LogP contribution in [0.2, 0.25) is 0 Å². The lowest BCUT2D eigenvalue weighted by Gasteiger charge is -2.27. The van der Waals surface area contributed by atoms with Gasteiger partial charge in [-0.15, -0.1) is 10.2 Å². The summed E-state index contributed by atoms with van der Waals surface area (Å²) < 4.78 is 5.78. The predicted octanol–water partition coefficient (Wildman–Crippen LogP) is 5.08. The summed E-state index contributed by atoms with van der Waals surface area (Å²) >= 11 is 0. The molecular weight excluding hydrogens is 400 g/mol. The number of anilines is 2. The molecule has 0 saturated carbocycles. The second-order valence-corrected chi connectivity index (χ2v) is 8.47. The Hall–Kier alpha value is -3.41. The number of hydrogen-bond acceptors (Lipinski definition) is 5. The number of ether oxygens (including phenoxy) is 1. The van der Waals surface area contributed by atoms with E-state index in [4.69, 9.17) is 4.74 Å². The van der Waals surface area contributed by atoms with E-state index in [0.717, 1.165) is 52.7 Å². The molecule has 6 nitrogen and oxygen atoms in total. The number of carbonyl (C=O) groups excluding carboxylic acids is 1. The van der Waals surface area contributed by atoms with E-state index in [0.29, 0.717) is 0 Å². The largest absolute Gasteiger partial charge is 0.483 e. The SMILES string of the molecule is Cc1cc(C)c(OCC(=O)Nc2ccc(-c3ccc(N4CCCCC4)nn3)cc2)c(C)c1. The van der Waals surface area contributed by atoms with Crippen molar-refractivity contribution in [3.8, 4) is 17.0 Å². The second kappa shape index (κ2) is 9.81. The third-order valence-electron chi connectivity index (χ3n) is 5.75. The molecule has 0 unspecified atom stereocenters. The van der Waals surface area contributed by atoms with Gasteiger partial charge in [0.25, 0.3) is 5.91 Å². The Morgan fingerprint density at radius 1 is 0.938 bits per heavy atom. The van der Waals surface area contributed by atoms with Crippen LogP contribution in [-0.4, -0.2) is 35.8 Å². The van der Waals surface area contributed by atoms with Gasteiger partial charge in [-0.25, -0.2) is 0 Å². The van der Waals surface area contributed by atoms with Crippen molar-refractivity contribution in [2.45, 2.75) is 40.0 Å². The summed E-state index contributed by atoms with van der Waals surface area (Å²) in [6, 6.07) is 15.8. The Labute approximate surface area is 189 Å². The summed E-state index contributed by atoms with van der Waals surface area (Å²) in [6.45, 7) is 8.11. The molecule has 1 fully saturated rings. The van der Waals surface area contributed by atoms with Gasteiger partial charge in [0.1, 0.15) is 5.75 Å². The lowest BCUT2D eigenvalue weighted by molar-refractivity contribution is -0.118. The molecule has 0 atom stereocenters. The molecular formula is C26H30N4O2. The van der Waals surface area contributed by atoms with Crippen LogP contribution in [0, 0.1) is 20.8 Å². The minimum Gasteiger partial charge on any atom is -0.483 e. The summed E-state index contributed by atoms with van der Waals surface area (Å²) in [5.74, 6) is 1.52. The van der Waals surface area contributed by atoms with Crippen LogP contribution in [0.15, 0.2) is 48.5 Å². The topological polar surface area (TPSA) is 67.3 Å². The Morgan fingerprint density at radius 2 is 1.62 bits per heavy atom. The molecule has 1 saturated heterocycles. The molecule has 2 aromatic carbocycles. The first-order valence-corrected chi connectivity index (χ1v) is 11.2. The maximum absolute atomic E-state index is 12.4. The van der Waals surface area contributed by atoms with Gasteiger partial charge in [-0.1, -0.05) is 29.8 Å². The Balaban J connectivity index is 1.34. The number of aryl methyl sites for hydroxylation is 3. The van der Waals surface area contributed by atoms with Gasteiger partial charge in [-0.3, -0.25) is 4.79 Å². The van der Waals surface area contributed by atoms with Crippen LogP contribution in [0.5, 0.6) is 5.75 Å². The highest BCUT2D eigenvalue weighted by molar-refractivity contribution is 5.92. The van der Waals surface area contributed by atoms with Gasteiger partial charge in [-0.2, -0.15) is 0 Å². The lowest BCUT2D eigenvalue weighted by Crippen LogP contribution is -2.30. The first-order chi connectivity index (χ1) is 15.5. The van der Waals surface area contributed by atoms with Crippen molar-refractivity contribution >= 4 is 17.4 Å². The Morgan fingerprint density at radius 3 is 2.25 bits per heavy atom. The molecule has 1 N–H and O–H groups in total. The smallest absolute Gasteiger partial charge is 0.262 e. The summed E-state index contributed by atoms with van der Waals surface area (Å²) in [5.41, 5.74) is 5.75. The van der Waals surface area contributed by atoms with Crippen LogP contribution in [0.3, 0.4) is 0 Å². The molecule has 0 bridgehead atoms. The fourth-order valence-electron chi connectivity index (χ4n) is 4.22. The molecule has 1 amide bonds. The Bertz CT molecular complexity index is 1050. The standard InChI is InChI=1S/C26H30N4O2/c1-18-15-19(2)26(20(3)16-18)32-17-25(31)27-22-9-7-21(8-10-22)23-11-12-24(29-28-23)30-13-5-4-6-14-30/h7-12,15-16H,4-6,13-14,17H2,1-3H3,(H,27,31). The molecule has 1 aliphatic rings. The van der Waals surface area contributed by atoms with Crippen LogP contribution < -0.4 is 15.0 Å². The third-order valence-corrected chi connectivity index (χ3v) is 5.75. The van der Waals surface area contributed by atoms with E-state index in [9.17, 15) is 4.79 Å². The third kappa shape index (κ3) is 5.25. The average Bonchev–Trinajstić information content (AvgIpc) is 2.79. The van der Waals surface area contributed by atoms with Crippen LogP contribution in [-0.2, 0) is 4.79 Å². The number of nitrogens with one attached hydrogen (secondary N) is 1. The summed E-state index contributed by atoms with van der Waals surface area (Å²) in [5, 5.41) is 11.7. The first-order valence-electron chi connectivity index (χ1n) is 11.2. The zero-order valence-corrected chi connectivity index (χ0v) is 19.0. The molecule has 1 aliphatic heterocycles. The van der Waals surface area contributed by atoms with E-state index < -0.39 is 0 Å². The van der Waals surface area contributed by atoms with Crippen molar-refractivity contribution in [3.05, 3.63) is 65.2 Å². The molecule has 2 heterocycles. The molecule has 32 heavy (non-hydrogen) atoms. The van der Waals surface area contributed by atoms with E-state index in [1.165, 1.54) is 24.8 Å².